The minimum absolute atomic E-state index is 0.473. The van der Waals surface area contributed by atoms with Gasteiger partial charge < -0.3 is 0 Å². The lowest BCUT2D eigenvalue weighted by Gasteiger charge is -2.07. The van der Waals surface area contributed by atoms with E-state index >= 15 is 0 Å². The van der Waals surface area contributed by atoms with Gasteiger partial charge in [-0.25, -0.2) is 4.98 Å². The highest BCUT2D eigenvalue weighted by Gasteiger charge is 2.06. The standard InChI is InChI=1S/C9H15N3S/c1-4-5-7(2)8-6-10-9(13-3)12-11-8/h6-7H,4-5H2,1-3H3. The molecule has 0 saturated heterocycles. The molecule has 1 rings (SSSR count). The van der Waals surface area contributed by atoms with Gasteiger partial charge in [-0.15, -0.1) is 5.10 Å². The van der Waals surface area contributed by atoms with E-state index in [0.717, 1.165) is 17.3 Å². The molecule has 0 aliphatic carbocycles. The fourth-order valence-electron chi connectivity index (χ4n) is 1.17. The summed E-state index contributed by atoms with van der Waals surface area (Å²) in [6.45, 7) is 4.33. The molecule has 0 saturated carbocycles. The largest absolute Gasteiger partial charge is 0.228 e. The van der Waals surface area contributed by atoms with E-state index in [4.69, 9.17) is 0 Å². The minimum atomic E-state index is 0.473. The van der Waals surface area contributed by atoms with Crippen molar-refractivity contribution in [3.8, 4) is 0 Å². The Morgan fingerprint density at radius 1 is 1.46 bits per heavy atom. The first-order chi connectivity index (χ1) is 6.27. The molecule has 72 valence electrons. The van der Waals surface area contributed by atoms with E-state index in [-0.39, 0.29) is 0 Å². The van der Waals surface area contributed by atoms with Gasteiger partial charge >= 0.3 is 0 Å². The smallest absolute Gasteiger partial charge is 0.208 e. The van der Waals surface area contributed by atoms with E-state index in [2.05, 4.69) is 29.0 Å². The zero-order valence-electron chi connectivity index (χ0n) is 8.32. The molecule has 4 heteroatoms. The first kappa shape index (κ1) is 10.4. The molecule has 0 aromatic carbocycles. The quantitative estimate of drug-likeness (QED) is 0.695. The first-order valence-corrected chi connectivity index (χ1v) is 5.74. The summed E-state index contributed by atoms with van der Waals surface area (Å²) in [4.78, 5) is 4.19. The number of thioether (sulfide) groups is 1. The van der Waals surface area contributed by atoms with Gasteiger partial charge in [0, 0.05) is 5.92 Å². The topological polar surface area (TPSA) is 38.7 Å². The average molecular weight is 197 g/mol. The van der Waals surface area contributed by atoms with Gasteiger partial charge in [0.1, 0.15) is 0 Å². The minimum Gasteiger partial charge on any atom is -0.228 e. The molecular formula is C9H15N3S. The van der Waals surface area contributed by atoms with Gasteiger partial charge in [-0.05, 0) is 12.7 Å². The molecule has 1 aromatic heterocycles. The van der Waals surface area contributed by atoms with Crippen LogP contribution in [0.5, 0.6) is 0 Å². The summed E-state index contributed by atoms with van der Waals surface area (Å²) in [6, 6.07) is 0. The van der Waals surface area contributed by atoms with Crippen LogP contribution in [-0.2, 0) is 0 Å². The molecule has 0 aliphatic heterocycles. The monoisotopic (exact) mass is 197 g/mol. The molecular weight excluding hydrogens is 182 g/mol. The summed E-state index contributed by atoms with van der Waals surface area (Å²) in [7, 11) is 0. The lowest BCUT2D eigenvalue weighted by Crippen LogP contribution is -2.00. The molecule has 0 amide bonds. The Labute approximate surface area is 83.4 Å². The van der Waals surface area contributed by atoms with Crippen molar-refractivity contribution in [2.24, 2.45) is 0 Å². The third-order valence-electron chi connectivity index (χ3n) is 1.97. The van der Waals surface area contributed by atoms with Crippen molar-refractivity contribution in [1.29, 1.82) is 0 Å². The Kier molecular flexibility index (Phi) is 4.15. The Bertz CT molecular complexity index is 248. The Morgan fingerprint density at radius 2 is 2.23 bits per heavy atom. The number of rotatable bonds is 4. The van der Waals surface area contributed by atoms with Crippen LogP contribution < -0.4 is 0 Å². The van der Waals surface area contributed by atoms with E-state index in [0.29, 0.717) is 5.92 Å². The van der Waals surface area contributed by atoms with E-state index in [9.17, 15) is 0 Å². The van der Waals surface area contributed by atoms with Crippen molar-refractivity contribution in [2.45, 2.75) is 37.8 Å². The van der Waals surface area contributed by atoms with Crippen LogP contribution in [0.25, 0.3) is 0 Å². The summed E-state index contributed by atoms with van der Waals surface area (Å²) in [5, 5.41) is 8.88. The van der Waals surface area contributed by atoms with Crippen molar-refractivity contribution in [3.05, 3.63) is 11.9 Å². The highest BCUT2D eigenvalue weighted by molar-refractivity contribution is 7.98. The van der Waals surface area contributed by atoms with Gasteiger partial charge in [0.05, 0.1) is 11.9 Å². The Morgan fingerprint density at radius 3 is 2.69 bits per heavy atom. The number of nitrogens with zero attached hydrogens (tertiary/aromatic N) is 3. The molecule has 0 N–H and O–H groups in total. The van der Waals surface area contributed by atoms with Crippen LogP contribution in [0, 0.1) is 0 Å². The molecule has 13 heavy (non-hydrogen) atoms. The van der Waals surface area contributed by atoms with Crippen LogP contribution in [0.15, 0.2) is 11.4 Å². The maximum Gasteiger partial charge on any atom is 0.208 e. The van der Waals surface area contributed by atoms with Crippen molar-refractivity contribution < 1.29 is 0 Å². The zero-order valence-corrected chi connectivity index (χ0v) is 9.14. The lowest BCUT2D eigenvalue weighted by atomic mass is 10.0. The van der Waals surface area contributed by atoms with E-state index in [1.165, 1.54) is 18.2 Å². The third kappa shape index (κ3) is 2.95. The molecule has 3 nitrogen and oxygen atoms in total. The maximum absolute atomic E-state index is 4.19. The summed E-state index contributed by atoms with van der Waals surface area (Å²) >= 11 is 1.52. The molecule has 0 aliphatic rings. The molecule has 0 radical (unpaired) electrons. The van der Waals surface area contributed by atoms with Gasteiger partial charge in [0.15, 0.2) is 0 Å². The Balaban J connectivity index is 2.67. The molecule has 0 spiro atoms. The summed E-state index contributed by atoms with van der Waals surface area (Å²) < 4.78 is 0. The van der Waals surface area contributed by atoms with Crippen molar-refractivity contribution >= 4 is 11.8 Å². The van der Waals surface area contributed by atoms with Crippen LogP contribution in [0.1, 0.15) is 38.3 Å². The second-order valence-corrected chi connectivity index (χ2v) is 3.83. The SMILES string of the molecule is CCCC(C)c1cnc(SC)nn1. The predicted octanol–water partition coefficient (Wildman–Crippen LogP) is 2.50. The van der Waals surface area contributed by atoms with Crippen LogP contribution in [-0.4, -0.2) is 21.4 Å². The van der Waals surface area contributed by atoms with Gasteiger partial charge in [0.2, 0.25) is 5.16 Å². The average Bonchev–Trinajstić information content (AvgIpc) is 2.18. The second-order valence-electron chi connectivity index (χ2n) is 3.06. The zero-order chi connectivity index (χ0) is 9.68. The third-order valence-corrected chi connectivity index (χ3v) is 2.52. The highest BCUT2D eigenvalue weighted by atomic mass is 32.2. The van der Waals surface area contributed by atoms with Crippen LogP contribution in [0.3, 0.4) is 0 Å². The molecule has 1 atom stereocenters. The molecule has 1 unspecified atom stereocenters. The summed E-state index contributed by atoms with van der Waals surface area (Å²) in [5.74, 6) is 0.473. The number of hydrogen-bond acceptors (Lipinski definition) is 4. The highest BCUT2D eigenvalue weighted by Crippen LogP contribution is 2.17. The number of aromatic nitrogens is 3. The van der Waals surface area contributed by atoms with Gasteiger partial charge in [-0.3, -0.25) is 0 Å². The van der Waals surface area contributed by atoms with E-state index < -0.39 is 0 Å². The van der Waals surface area contributed by atoms with Crippen molar-refractivity contribution in [3.63, 3.8) is 0 Å². The van der Waals surface area contributed by atoms with Gasteiger partial charge in [0.25, 0.3) is 0 Å². The molecule has 1 heterocycles. The summed E-state index contributed by atoms with van der Waals surface area (Å²) in [5.41, 5.74) is 1.000. The number of hydrogen-bond donors (Lipinski definition) is 0. The Hall–Kier alpha value is -0.640. The molecule has 1 aromatic rings. The second kappa shape index (κ2) is 5.17. The van der Waals surface area contributed by atoms with Gasteiger partial charge in [-0.2, -0.15) is 5.10 Å². The fourth-order valence-corrected chi connectivity index (χ4v) is 1.45. The summed E-state index contributed by atoms with van der Waals surface area (Å²) in [6.07, 6.45) is 6.10. The normalized spacial score (nSPS) is 12.8. The van der Waals surface area contributed by atoms with E-state index in [1.54, 1.807) is 0 Å². The van der Waals surface area contributed by atoms with Gasteiger partial charge in [-0.1, -0.05) is 32.0 Å². The first-order valence-electron chi connectivity index (χ1n) is 4.51. The van der Waals surface area contributed by atoms with Crippen molar-refractivity contribution in [2.75, 3.05) is 6.26 Å². The lowest BCUT2D eigenvalue weighted by molar-refractivity contribution is 0.620. The van der Waals surface area contributed by atoms with Crippen LogP contribution in [0.4, 0.5) is 0 Å². The van der Waals surface area contributed by atoms with Crippen molar-refractivity contribution in [1.82, 2.24) is 15.2 Å². The van der Waals surface area contributed by atoms with Crippen LogP contribution in [0.2, 0.25) is 0 Å². The molecule has 0 fully saturated rings. The molecule has 0 bridgehead atoms. The maximum atomic E-state index is 4.19. The predicted molar refractivity (Wildman–Crippen MR) is 54.9 cm³/mol. The van der Waals surface area contributed by atoms with E-state index in [1.807, 2.05) is 12.5 Å². The van der Waals surface area contributed by atoms with Crippen LogP contribution >= 0.6 is 11.8 Å². The fraction of sp³-hybridized carbons (Fsp3) is 0.667.